The number of terminal acetylenes is 1. The number of hydrogen-bond donors (Lipinski definition) is 0. The van der Waals surface area contributed by atoms with Crippen molar-refractivity contribution in [1.82, 2.24) is 4.90 Å². The minimum absolute atomic E-state index is 0.0779. The third-order valence-electron chi connectivity index (χ3n) is 3.88. The second-order valence-corrected chi connectivity index (χ2v) is 5.37. The number of carbonyl (C=O) groups is 1. The molecule has 4 nitrogen and oxygen atoms in total. The van der Waals surface area contributed by atoms with Gasteiger partial charge in [0.25, 0.3) is 0 Å². The molecule has 1 saturated heterocycles. The Morgan fingerprint density at radius 3 is 3.00 bits per heavy atom. The highest BCUT2D eigenvalue weighted by molar-refractivity contribution is 5.98. The van der Waals surface area contributed by atoms with Crippen LogP contribution in [-0.2, 0) is 9.53 Å². The van der Waals surface area contributed by atoms with E-state index in [1.807, 2.05) is 41.1 Å². The lowest BCUT2D eigenvalue weighted by molar-refractivity contribution is -0.116. The average Bonchev–Trinajstić information content (AvgIpc) is 2.82. The summed E-state index contributed by atoms with van der Waals surface area (Å²) in [7, 11) is 1.96. The summed E-state index contributed by atoms with van der Waals surface area (Å²) in [5.74, 6) is 2.71. The zero-order valence-corrected chi connectivity index (χ0v) is 12.1. The molecule has 108 valence electrons. The second kappa shape index (κ2) is 5.72. The smallest absolute Gasteiger partial charge is 0.242 e. The van der Waals surface area contributed by atoms with Crippen LogP contribution in [0.4, 0.5) is 5.69 Å². The minimum Gasteiger partial charge on any atom is -0.377 e. The summed E-state index contributed by atoms with van der Waals surface area (Å²) in [6.07, 6.45) is 8.46. The number of ether oxygens (including phenoxy) is 1. The monoisotopic (exact) mass is 282 g/mol. The molecule has 2 heterocycles. The van der Waals surface area contributed by atoms with Crippen LogP contribution < -0.4 is 4.90 Å². The fourth-order valence-electron chi connectivity index (χ4n) is 2.95. The summed E-state index contributed by atoms with van der Waals surface area (Å²) in [4.78, 5) is 16.3. The molecule has 1 atom stereocenters. The first kappa shape index (κ1) is 13.9. The predicted octanol–water partition coefficient (Wildman–Crippen LogP) is 1.62. The van der Waals surface area contributed by atoms with Gasteiger partial charge in [0.05, 0.1) is 19.8 Å². The highest BCUT2D eigenvalue weighted by Gasteiger charge is 2.39. The van der Waals surface area contributed by atoms with E-state index in [9.17, 15) is 4.79 Å². The van der Waals surface area contributed by atoms with Gasteiger partial charge in [-0.15, -0.1) is 6.42 Å². The highest BCUT2D eigenvalue weighted by Crippen LogP contribution is 2.29. The van der Waals surface area contributed by atoms with Gasteiger partial charge in [0, 0.05) is 11.3 Å². The molecule has 1 aromatic carbocycles. The van der Waals surface area contributed by atoms with E-state index in [0.29, 0.717) is 13.2 Å². The lowest BCUT2D eigenvalue weighted by Crippen LogP contribution is -2.41. The van der Waals surface area contributed by atoms with Gasteiger partial charge in [-0.3, -0.25) is 14.6 Å². The summed E-state index contributed by atoms with van der Waals surface area (Å²) >= 11 is 0. The molecule has 0 N–H and O–H groups in total. The van der Waals surface area contributed by atoms with Crippen LogP contribution in [0.3, 0.4) is 0 Å². The molecule has 0 bridgehead atoms. The van der Waals surface area contributed by atoms with Gasteiger partial charge in [-0.25, -0.2) is 0 Å². The lowest BCUT2D eigenvalue weighted by Gasteiger charge is -2.31. The number of hydrogen-bond acceptors (Lipinski definition) is 3. The third-order valence-corrected chi connectivity index (χ3v) is 3.88. The molecule has 1 amide bonds. The first-order chi connectivity index (χ1) is 10.2. The molecule has 0 aliphatic carbocycles. The standard InChI is InChI=1S/C17H18N2O2/c1-3-13-6-4-8-15(10-13)19-16(20)11-18(2)17(19)14-7-5-9-21-12-14/h1,4,6-8,10,17H,5,9,11-12H2,2H3. The van der Waals surface area contributed by atoms with E-state index in [-0.39, 0.29) is 12.1 Å². The molecular weight excluding hydrogens is 264 g/mol. The summed E-state index contributed by atoms with van der Waals surface area (Å²) in [6.45, 7) is 1.73. The van der Waals surface area contributed by atoms with Crippen molar-refractivity contribution in [3.63, 3.8) is 0 Å². The molecule has 0 saturated carbocycles. The van der Waals surface area contributed by atoms with Crippen LogP contribution in [0.2, 0.25) is 0 Å². The van der Waals surface area contributed by atoms with Gasteiger partial charge >= 0.3 is 0 Å². The van der Waals surface area contributed by atoms with Crippen molar-refractivity contribution in [3.05, 3.63) is 41.5 Å². The SMILES string of the molecule is C#Cc1cccc(N2C(=O)CN(C)C2C2=CCCOC2)c1. The normalized spacial score (nSPS) is 23.0. The first-order valence-corrected chi connectivity index (χ1v) is 7.06. The van der Waals surface area contributed by atoms with Gasteiger partial charge in [0.15, 0.2) is 0 Å². The van der Waals surface area contributed by atoms with Gasteiger partial charge < -0.3 is 4.74 Å². The molecule has 3 rings (SSSR count). The highest BCUT2D eigenvalue weighted by atomic mass is 16.5. The molecule has 0 spiro atoms. The number of anilines is 1. The summed E-state index contributed by atoms with van der Waals surface area (Å²) in [5, 5.41) is 0. The van der Waals surface area contributed by atoms with Gasteiger partial charge in [-0.1, -0.05) is 18.1 Å². The molecule has 1 fully saturated rings. The Hall–Kier alpha value is -2.09. The van der Waals surface area contributed by atoms with Crippen LogP contribution in [-0.4, -0.2) is 43.8 Å². The van der Waals surface area contributed by atoms with Crippen molar-refractivity contribution in [2.75, 3.05) is 31.7 Å². The Morgan fingerprint density at radius 1 is 1.43 bits per heavy atom. The number of likely N-dealkylation sites (N-methyl/N-ethyl adjacent to an activating group) is 1. The Kier molecular flexibility index (Phi) is 3.78. The van der Waals surface area contributed by atoms with E-state index in [4.69, 9.17) is 11.2 Å². The van der Waals surface area contributed by atoms with Crippen molar-refractivity contribution in [2.45, 2.75) is 12.6 Å². The Morgan fingerprint density at radius 2 is 2.29 bits per heavy atom. The van der Waals surface area contributed by atoms with Gasteiger partial charge in [-0.2, -0.15) is 0 Å². The van der Waals surface area contributed by atoms with E-state index in [1.165, 1.54) is 0 Å². The number of rotatable bonds is 2. The van der Waals surface area contributed by atoms with Crippen LogP contribution in [0.25, 0.3) is 0 Å². The van der Waals surface area contributed by atoms with Gasteiger partial charge in [0.2, 0.25) is 5.91 Å². The fourth-order valence-corrected chi connectivity index (χ4v) is 2.95. The molecular formula is C17H18N2O2. The summed E-state index contributed by atoms with van der Waals surface area (Å²) in [5.41, 5.74) is 2.76. The second-order valence-electron chi connectivity index (χ2n) is 5.37. The van der Waals surface area contributed by atoms with Crippen LogP contribution in [0, 0.1) is 12.3 Å². The van der Waals surface area contributed by atoms with E-state index in [2.05, 4.69) is 12.0 Å². The largest absolute Gasteiger partial charge is 0.377 e. The average molecular weight is 282 g/mol. The van der Waals surface area contributed by atoms with E-state index >= 15 is 0 Å². The minimum atomic E-state index is -0.0779. The van der Waals surface area contributed by atoms with Gasteiger partial charge in [0.1, 0.15) is 6.17 Å². The maximum atomic E-state index is 12.4. The first-order valence-electron chi connectivity index (χ1n) is 7.06. The lowest BCUT2D eigenvalue weighted by atomic mass is 10.1. The Bertz CT molecular complexity index is 630. The quantitative estimate of drug-likeness (QED) is 0.610. The van der Waals surface area contributed by atoms with Crippen molar-refractivity contribution >= 4 is 11.6 Å². The summed E-state index contributed by atoms with van der Waals surface area (Å²) < 4.78 is 5.54. The summed E-state index contributed by atoms with van der Waals surface area (Å²) in [6, 6.07) is 7.56. The predicted molar refractivity (Wildman–Crippen MR) is 81.8 cm³/mol. The topological polar surface area (TPSA) is 32.8 Å². The van der Waals surface area contributed by atoms with Crippen molar-refractivity contribution < 1.29 is 9.53 Å². The van der Waals surface area contributed by atoms with E-state index in [1.54, 1.807) is 0 Å². The Labute approximate surface area is 125 Å². The molecule has 2 aliphatic heterocycles. The number of amides is 1. The molecule has 4 heteroatoms. The van der Waals surface area contributed by atoms with Crippen LogP contribution in [0.1, 0.15) is 12.0 Å². The van der Waals surface area contributed by atoms with Crippen LogP contribution in [0.5, 0.6) is 0 Å². The van der Waals surface area contributed by atoms with Crippen LogP contribution >= 0.6 is 0 Å². The van der Waals surface area contributed by atoms with Crippen LogP contribution in [0.15, 0.2) is 35.9 Å². The maximum absolute atomic E-state index is 12.4. The number of benzene rings is 1. The van der Waals surface area contributed by atoms with Gasteiger partial charge in [-0.05, 0) is 37.2 Å². The van der Waals surface area contributed by atoms with E-state index in [0.717, 1.165) is 29.9 Å². The van der Waals surface area contributed by atoms with Crippen molar-refractivity contribution in [2.24, 2.45) is 0 Å². The van der Waals surface area contributed by atoms with Crippen molar-refractivity contribution in [1.29, 1.82) is 0 Å². The number of carbonyl (C=O) groups excluding carboxylic acids is 1. The fraction of sp³-hybridized carbons (Fsp3) is 0.353. The zero-order chi connectivity index (χ0) is 14.8. The zero-order valence-electron chi connectivity index (χ0n) is 12.1. The Balaban J connectivity index is 1.99. The molecule has 21 heavy (non-hydrogen) atoms. The molecule has 1 unspecified atom stereocenters. The third kappa shape index (κ3) is 2.58. The number of nitrogens with zero attached hydrogens (tertiary/aromatic N) is 2. The molecule has 0 aromatic heterocycles. The molecule has 1 aromatic rings. The molecule has 0 radical (unpaired) electrons. The van der Waals surface area contributed by atoms with E-state index < -0.39 is 0 Å². The van der Waals surface area contributed by atoms with Crippen molar-refractivity contribution in [3.8, 4) is 12.3 Å². The maximum Gasteiger partial charge on any atom is 0.242 e. The molecule has 2 aliphatic rings.